The molecule has 1 aliphatic carbocycles. The Bertz CT molecular complexity index is 384. The van der Waals surface area contributed by atoms with Crippen molar-refractivity contribution in [2.75, 3.05) is 0 Å². The number of rotatable bonds is 5. The molecule has 0 amide bonds. The van der Waals surface area contributed by atoms with E-state index < -0.39 is 0 Å². The van der Waals surface area contributed by atoms with E-state index in [1.165, 1.54) is 37.8 Å². The third-order valence-electron chi connectivity index (χ3n) is 4.60. The summed E-state index contributed by atoms with van der Waals surface area (Å²) >= 11 is 3.87. The molecule has 1 aromatic rings. The van der Waals surface area contributed by atoms with Gasteiger partial charge in [-0.05, 0) is 56.4 Å². The summed E-state index contributed by atoms with van der Waals surface area (Å²) in [4.78, 5) is 0.682. The maximum Gasteiger partial charge on any atom is 0.0627 e. The van der Waals surface area contributed by atoms with Gasteiger partial charge in [-0.1, -0.05) is 36.7 Å². The highest BCUT2D eigenvalue weighted by molar-refractivity contribution is 9.09. The van der Waals surface area contributed by atoms with Crippen molar-refractivity contribution < 1.29 is 0 Å². The van der Waals surface area contributed by atoms with Crippen LogP contribution in [0.15, 0.2) is 12.3 Å². The van der Waals surface area contributed by atoms with Crippen molar-refractivity contribution in [2.45, 2.75) is 70.2 Å². The summed E-state index contributed by atoms with van der Waals surface area (Å²) < 4.78 is 2.17. The van der Waals surface area contributed by atoms with Gasteiger partial charge in [-0.25, -0.2) is 0 Å². The fourth-order valence-electron chi connectivity index (χ4n) is 3.29. The van der Waals surface area contributed by atoms with Crippen LogP contribution in [0.25, 0.3) is 0 Å². The van der Waals surface area contributed by atoms with E-state index in [9.17, 15) is 0 Å². The van der Waals surface area contributed by atoms with Crippen LogP contribution in [0.4, 0.5) is 0 Å². The van der Waals surface area contributed by atoms with Gasteiger partial charge < -0.3 is 0 Å². The van der Waals surface area contributed by atoms with Crippen molar-refractivity contribution in [2.24, 2.45) is 11.8 Å². The first-order valence-electron chi connectivity index (χ1n) is 7.82. The average Bonchev–Trinajstić information content (AvgIpc) is 2.84. The van der Waals surface area contributed by atoms with Gasteiger partial charge in [0.15, 0.2) is 0 Å². The lowest BCUT2D eigenvalue weighted by Crippen LogP contribution is -2.25. The average molecular weight is 327 g/mol. The third kappa shape index (κ3) is 3.84. The topological polar surface area (TPSA) is 17.8 Å². The SMILES string of the molecule is CCC(CC)n1ccc(CC2CC(C)CCC2Br)n1. The van der Waals surface area contributed by atoms with E-state index in [1.54, 1.807) is 0 Å². The molecule has 3 unspecified atom stereocenters. The molecule has 19 heavy (non-hydrogen) atoms. The Hall–Kier alpha value is -0.310. The van der Waals surface area contributed by atoms with E-state index in [0.29, 0.717) is 10.9 Å². The van der Waals surface area contributed by atoms with Gasteiger partial charge in [0.05, 0.1) is 11.7 Å². The zero-order valence-electron chi connectivity index (χ0n) is 12.5. The molecule has 3 atom stereocenters. The Morgan fingerprint density at radius 3 is 2.79 bits per heavy atom. The standard InChI is InChI=1S/C16H27BrN2/c1-4-15(5-2)19-9-8-14(18-19)11-13-10-12(3)6-7-16(13)17/h8-9,12-13,15-16H,4-7,10-11H2,1-3H3. The number of halogens is 1. The van der Waals surface area contributed by atoms with Gasteiger partial charge >= 0.3 is 0 Å². The molecule has 0 N–H and O–H groups in total. The highest BCUT2D eigenvalue weighted by atomic mass is 79.9. The summed E-state index contributed by atoms with van der Waals surface area (Å²) in [7, 11) is 0. The summed E-state index contributed by atoms with van der Waals surface area (Å²) in [6.45, 7) is 6.87. The quantitative estimate of drug-likeness (QED) is 0.697. The molecule has 108 valence electrons. The lowest BCUT2D eigenvalue weighted by atomic mass is 9.80. The second kappa shape index (κ2) is 6.92. The van der Waals surface area contributed by atoms with Crippen molar-refractivity contribution in [3.8, 4) is 0 Å². The van der Waals surface area contributed by atoms with Crippen LogP contribution >= 0.6 is 15.9 Å². The van der Waals surface area contributed by atoms with E-state index in [2.05, 4.69) is 53.6 Å². The maximum atomic E-state index is 4.80. The van der Waals surface area contributed by atoms with Gasteiger partial charge in [0.2, 0.25) is 0 Å². The van der Waals surface area contributed by atoms with Gasteiger partial charge in [0.25, 0.3) is 0 Å². The minimum absolute atomic E-state index is 0.568. The van der Waals surface area contributed by atoms with Crippen molar-refractivity contribution >= 4 is 15.9 Å². The van der Waals surface area contributed by atoms with Gasteiger partial charge in [-0.15, -0.1) is 0 Å². The molecule has 1 heterocycles. The Morgan fingerprint density at radius 2 is 2.11 bits per heavy atom. The molecule has 3 heteroatoms. The first kappa shape index (κ1) is 15.1. The van der Waals surface area contributed by atoms with Crippen LogP contribution < -0.4 is 0 Å². The molecule has 0 radical (unpaired) electrons. The van der Waals surface area contributed by atoms with Crippen LogP contribution in [-0.4, -0.2) is 14.6 Å². The molecular formula is C16H27BrN2. The summed E-state index contributed by atoms with van der Waals surface area (Å²) in [6, 6.07) is 2.79. The largest absolute Gasteiger partial charge is 0.269 e. The Kier molecular flexibility index (Phi) is 5.49. The number of hydrogen-bond donors (Lipinski definition) is 0. The molecule has 1 aliphatic rings. The third-order valence-corrected chi connectivity index (χ3v) is 5.81. The monoisotopic (exact) mass is 326 g/mol. The molecule has 0 bridgehead atoms. The molecule has 0 spiro atoms. The van der Waals surface area contributed by atoms with E-state index in [4.69, 9.17) is 5.10 Å². The van der Waals surface area contributed by atoms with Crippen molar-refractivity contribution in [1.82, 2.24) is 9.78 Å². The van der Waals surface area contributed by atoms with Gasteiger partial charge in [0, 0.05) is 11.0 Å². The molecule has 2 rings (SSSR count). The first-order valence-corrected chi connectivity index (χ1v) is 8.73. The van der Waals surface area contributed by atoms with Crippen LogP contribution in [0.1, 0.15) is 64.6 Å². The molecule has 1 aromatic heterocycles. The minimum Gasteiger partial charge on any atom is -0.269 e. The second-order valence-corrected chi connectivity index (χ2v) is 7.33. The first-order chi connectivity index (χ1) is 9.13. The molecule has 1 fully saturated rings. The number of hydrogen-bond acceptors (Lipinski definition) is 1. The molecule has 2 nitrogen and oxygen atoms in total. The van der Waals surface area contributed by atoms with E-state index >= 15 is 0 Å². The molecular weight excluding hydrogens is 300 g/mol. The van der Waals surface area contributed by atoms with Crippen molar-refractivity contribution in [1.29, 1.82) is 0 Å². The second-order valence-electron chi connectivity index (χ2n) is 6.16. The summed E-state index contributed by atoms with van der Waals surface area (Å²) in [5.41, 5.74) is 1.27. The van der Waals surface area contributed by atoms with Crippen molar-refractivity contribution in [3.05, 3.63) is 18.0 Å². The summed E-state index contributed by atoms with van der Waals surface area (Å²) in [6.07, 6.45) is 9.66. The Labute approximate surface area is 126 Å². The number of aromatic nitrogens is 2. The fraction of sp³-hybridized carbons (Fsp3) is 0.812. The van der Waals surface area contributed by atoms with Crippen LogP contribution in [0.2, 0.25) is 0 Å². The summed E-state index contributed by atoms with van der Waals surface area (Å²) in [5.74, 6) is 1.63. The lowest BCUT2D eigenvalue weighted by Gasteiger charge is -2.31. The zero-order valence-corrected chi connectivity index (χ0v) is 14.1. The summed E-state index contributed by atoms with van der Waals surface area (Å²) in [5, 5.41) is 4.80. The smallest absolute Gasteiger partial charge is 0.0627 e. The van der Waals surface area contributed by atoms with Crippen molar-refractivity contribution in [3.63, 3.8) is 0 Å². The van der Waals surface area contributed by atoms with Gasteiger partial charge in [0.1, 0.15) is 0 Å². The molecule has 1 saturated carbocycles. The molecule has 0 aromatic carbocycles. The van der Waals surface area contributed by atoms with Gasteiger partial charge in [-0.3, -0.25) is 4.68 Å². The highest BCUT2D eigenvalue weighted by Crippen LogP contribution is 2.35. The zero-order chi connectivity index (χ0) is 13.8. The Balaban J connectivity index is 1.99. The van der Waals surface area contributed by atoms with Gasteiger partial charge in [-0.2, -0.15) is 5.10 Å². The van der Waals surface area contributed by atoms with E-state index in [-0.39, 0.29) is 0 Å². The minimum atomic E-state index is 0.568. The normalized spacial score (nSPS) is 27.9. The Morgan fingerprint density at radius 1 is 1.37 bits per heavy atom. The number of nitrogens with zero attached hydrogens (tertiary/aromatic N) is 2. The molecule has 0 saturated heterocycles. The van der Waals surface area contributed by atoms with Crippen LogP contribution in [0.5, 0.6) is 0 Å². The van der Waals surface area contributed by atoms with E-state index in [0.717, 1.165) is 18.3 Å². The van der Waals surface area contributed by atoms with Crippen LogP contribution in [-0.2, 0) is 6.42 Å². The fourth-order valence-corrected chi connectivity index (χ4v) is 3.96. The highest BCUT2D eigenvalue weighted by Gasteiger charge is 2.27. The predicted octanol–water partition coefficient (Wildman–Crippen LogP) is 4.99. The predicted molar refractivity (Wildman–Crippen MR) is 84.8 cm³/mol. The van der Waals surface area contributed by atoms with Crippen LogP contribution in [0.3, 0.4) is 0 Å². The number of alkyl halides is 1. The lowest BCUT2D eigenvalue weighted by molar-refractivity contribution is 0.291. The maximum absolute atomic E-state index is 4.80. The molecule has 0 aliphatic heterocycles. The van der Waals surface area contributed by atoms with Crippen LogP contribution in [0, 0.1) is 11.8 Å². The van der Waals surface area contributed by atoms with E-state index in [1.807, 2.05) is 0 Å².